The van der Waals surface area contributed by atoms with Crippen LogP contribution in [0.1, 0.15) is 0 Å². The molecule has 0 atom stereocenters. The summed E-state index contributed by atoms with van der Waals surface area (Å²) in [4.78, 5) is 26.3. The summed E-state index contributed by atoms with van der Waals surface area (Å²) in [7, 11) is 0. The van der Waals surface area contributed by atoms with Crippen molar-refractivity contribution in [2.45, 2.75) is 0 Å². The van der Waals surface area contributed by atoms with Crippen molar-refractivity contribution in [3.8, 4) is 16.6 Å². The van der Waals surface area contributed by atoms with Crippen LogP contribution in [0.25, 0.3) is 17.0 Å². The van der Waals surface area contributed by atoms with E-state index < -0.39 is 6.09 Å². The van der Waals surface area contributed by atoms with Crippen molar-refractivity contribution in [2.24, 2.45) is 5.73 Å². The zero-order valence-electron chi connectivity index (χ0n) is 16.3. The lowest BCUT2D eigenvalue weighted by Gasteiger charge is -2.28. The molecular weight excluding hydrogens is 420 g/mol. The Hall–Kier alpha value is -3.77. The van der Waals surface area contributed by atoms with Gasteiger partial charge in [0.25, 0.3) is 5.19 Å². The first-order valence-electron chi connectivity index (χ1n) is 9.49. The zero-order chi connectivity index (χ0) is 21.2. The van der Waals surface area contributed by atoms with Gasteiger partial charge in [0.1, 0.15) is 17.7 Å². The Bertz CT molecular complexity index is 1220. The number of primary amides is 1. The van der Waals surface area contributed by atoms with Gasteiger partial charge in [-0.25, -0.2) is 24.3 Å². The molecule has 4 aromatic rings. The molecule has 4 heterocycles. The molecule has 0 saturated carbocycles. The lowest BCUT2D eigenvalue weighted by atomic mass is 10.2. The number of carbonyl (C=O) groups is 1. The minimum Gasteiger partial charge on any atom is -0.381 e. The summed E-state index contributed by atoms with van der Waals surface area (Å²) in [6.45, 7) is 3.27. The Labute approximate surface area is 180 Å². The van der Waals surface area contributed by atoms with Crippen LogP contribution in [0.3, 0.4) is 0 Å². The number of benzene rings is 1. The highest BCUT2D eigenvalue weighted by Gasteiger charge is 2.16. The zero-order valence-corrected chi connectivity index (χ0v) is 17.1. The minimum absolute atomic E-state index is 0.151. The Morgan fingerprint density at radius 1 is 1.19 bits per heavy atom. The van der Waals surface area contributed by atoms with Gasteiger partial charge in [-0.1, -0.05) is 11.3 Å². The van der Waals surface area contributed by atoms with E-state index in [9.17, 15) is 4.79 Å². The summed E-state index contributed by atoms with van der Waals surface area (Å²) in [5.74, 6) is 0.559. The third kappa shape index (κ3) is 3.98. The fourth-order valence-electron chi connectivity index (χ4n) is 3.30. The first-order chi connectivity index (χ1) is 15.2. The molecule has 31 heavy (non-hydrogen) atoms. The van der Waals surface area contributed by atoms with Crippen LogP contribution in [0.15, 0.2) is 42.2 Å². The molecule has 11 nitrogen and oxygen atoms in total. The number of nitrogens with two attached hydrogens (primary N) is 1. The van der Waals surface area contributed by atoms with E-state index in [0.29, 0.717) is 22.9 Å². The fourth-order valence-corrected chi connectivity index (χ4v) is 3.97. The molecule has 0 bridgehead atoms. The van der Waals surface area contributed by atoms with Crippen LogP contribution in [0.2, 0.25) is 0 Å². The van der Waals surface area contributed by atoms with Gasteiger partial charge in [0.05, 0.1) is 19.4 Å². The Morgan fingerprint density at radius 3 is 2.77 bits per heavy atom. The molecule has 0 spiro atoms. The Balaban J connectivity index is 1.39. The molecule has 158 valence electrons. The van der Waals surface area contributed by atoms with Crippen LogP contribution in [0, 0.1) is 0 Å². The molecule has 3 aromatic heterocycles. The monoisotopic (exact) mass is 438 g/mol. The van der Waals surface area contributed by atoms with Gasteiger partial charge in [-0.3, -0.25) is 0 Å². The van der Waals surface area contributed by atoms with Crippen molar-refractivity contribution in [1.29, 1.82) is 0 Å². The highest BCUT2D eigenvalue weighted by Crippen LogP contribution is 2.29. The SMILES string of the molecule is NC(=O)Oc1nc(-c2cnc(Nc3ccc(N4CCOCC4)cc3)c3ncnn23)cs1. The van der Waals surface area contributed by atoms with Gasteiger partial charge >= 0.3 is 6.09 Å². The summed E-state index contributed by atoms with van der Waals surface area (Å²) in [6, 6.07) is 8.14. The standard InChI is InChI=1S/C19H18N8O3S/c20-18(28)30-19-25-14(10-31-19)15-9-21-16(17-22-11-23-27(15)17)24-12-1-3-13(4-2-12)26-5-7-29-8-6-26/h1-4,9-11H,5-8H2,(H2,20,28)(H,21,24). The average molecular weight is 438 g/mol. The third-order valence-electron chi connectivity index (χ3n) is 4.74. The van der Waals surface area contributed by atoms with Crippen molar-refractivity contribution in [3.63, 3.8) is 0 Å². The van der Waals surface area contributed by atoms with Gasteiger partial charge in [0.2, 0.25) is 0 Å². The topological polar surface area (TPSA) is 133 Å². The highest BCUT2D eigenvalue weighted by atomic mass is 32.1. The minimum atomic E-state index is -0.913. The molecular formula is C19H18N8O3S. The lowest BCUT2D eigenvalue weighted by Crippen LogP contribution is -2.36. The number of morpholine rings is 1. The van der Waals surface area contributed by atoms with E-state index in [1.54, 1.807) is 16.1 Å². The second kappa shape index (κ2) is 8.16. The number of nitrogens with zero attached hydrogens (tertiary/aromatic N) is 6. The van der Waals surface area contributed by atoms with Gasteiger partial charge in [0.15, 0.2) is 11.5 Å². The molecule has 1 aliphatic heterocycles. The quantitative estimate of drug-likeness (QED) is 0.481. The van der Waals surface area contributed by atoms with E-state index >= 15 is 0 Å². The number of hydrogen-bond acceptors (Lipinski definition) is 10. The van der Waals surface area contributed by atoms with Crippen LogP contribution in [0.5, 0.6) is 5.19 Å². The van der Waals surface area contributed by atoms with Gasteiger partial charge in [-0.15, -0.1) is 0 Å². The van der Waals surface area contributed by atoms with E-state index in [1.165, 1.54) is 6.33 Å². The Morgan fingerprint density at radius 2 is 2.00 bits per heavy atom. The van der Waals surface area contributed by atoms with Crippen LogP contribution in [-0.4, -0.2) is 57.0 Å². The van der Waals surface area contributed by atoms with E-state index in [1.807, 2.05) is 12.1 Å². The molecule has 1 amide bonds. The molecule has 0 aliphatic carbocycles. The maximum Gasteiger partial charge on any atom is 0.411 e. The second-order valence-electron chi connectivity index (χ2n) is 6.68. The fraction of sp³-hybridized carbons (Fsp3) is 0.211. The number of rotatable bonds is 5. The molecule has 12 heteroatoms. The maximum absolute atomic E-state index is 10.9. The summed E-state index contributed by atoms with van der Waals surface area (Å²) < 4.78 is 11.9. The average Bonchev–Trinajstić information content (AvgIpc) is 3.45. The third-order valence-corrected chi connectivity index (χ3v) is 5.46. The van der Waals surface area contributed by atoms with Gasteiger partial charge in [-0.2, -0.15) is 5.10 Å². The van der Waals surface area contributed by atoms with Crippen molar-refractivity contribution >= 4 is 40.3 Å². The van der Waals surface area contributed by atoms with E-state index in [-0.39, 0.29) is 5.19 Å². The summed E-state index contributed by atoms with van der Waals surface area (Å²) in [6.07, 6.45) is 2.17. The first-order valence-corrected chi connectivity index (χ1v) is 10.4. The summed E-state index contributed by atoms with van der Waals surface area (Å²) in [5.41, 5.74) is 8.77. The predicted octanol–water partition coefficient (Wildman–Crippen LogP) is 2.29. The van der Waals surface area contributed by atoms with Gasteiger partial charge in [-0.05, 0) is 24.3 Å². The van der Waals surface area contributed by atoms with Crippen LogP contribution < -0.4 is 20.7 Å². The normalized spacial score (nSPS) is 14.0. The van der Waals surface area contributed by atoms with Crippen LogP contribution in [-0.2, 0) is 4.74 Å². The van der Waals surface area contributed by atoms with Crippen molar-refractivity contribution < 1.29 is 14.3 Å². The number of amides is 1. The number of hydrogen-bond donors (Lipinski definition) is 2. The smallest absolute Gasteiger partial charge is 0.381 e. The number of fused-ring (bicyclic) bond motifs is 1. The molecule has 1 saturated heterocycles. The van der Waals surface area contributed by atoms with Crippen LogP contribution in [0.4, 0.5) is 22.0 Å². The first kappa shape index (κ1) is 19.2. The lowest BCUT2D eigenvalue weighted by molar-refractivity contribution is 0.122. The van der Waals surface area contributed by atoms with E-state index in [0.717, 1.165) is 49.0 Å². The molecule has 0 radical (unpaired) electrons. The number of thiazole rings is 1. The maximum atomic E-state index is 10.9. The summed E-state index contributed by atoms with van der Waals surface area (Å²) >= 11 is 1.15. The van der Waals surface area contributed by atoms with Crippen LogP contribution >= 0.6 is 11.3 Å². The van der Waals surface area contributed by atoms with Crippen molar-refractivity contribution in [1.82, 2.24) is 24.6 Å². The molecule has 3 N–H and O–H groups in total. The van der Waals surface area contributed by atoms with E-state index in [4.69, 9.17) is 15.2 Å². The molecule has 1 aromatic carbocycles. The molecule has 0 unspecified atom stereocenters. The molecule has 1 fully saturated rings. The molecule has 5 rings (SSSR count). The van der Waals surface area contributed by atoms with Gasteiger partial charge < -0.3 is 25.4 Å². The summed E-state index contributed by atoms with van der Waals surface area (Å²) in [5, 5.41) is 9.46. The highest BCUT2D eigenvalue weighted by molar-refractivity contribution is 7.11. The number of aromatic nitrogens is 5. The Kier molecular flexibility index (Phi) is 5.06. The number of ether oxygens (including phenoxy) is 2. The largest absolute Gasteiger partial charge is 0.411 e. The van der Waals surface area contributed by atoms with E-state index in [2.05, 4.69) is 42.4 Å². The number of carbonyl (C=O) groups excluding carboxylic acids is 1. The van der Waals surface area contributed by atoms with Crippen molar-refractivity contribution in [2.75, 3.05) is 36.5 Å². The number of nitrogens with one attached hydrogen (secondary N) is 1. The van der Waals surface area contributed by atoms with Gasteiger partial charge in [0, 0.05) is 29.8 Å². The molecule has 1 aliphatic rings. The van der Waals surface area contributed by atoms with Crippen molar-refractivity contribution in [3.05, 3.63) is 42.2 Å². The number of anilines is 3. The predicted molar refractivity (Wildman–Crippen MR) is 115 cm³/mol. The second-order valence-corrected chi connectivity index (χ2v) is 7.50.